The minimum atomic E-state index is -1.53. The van der Waals surface area contributed by atoms with E-state index in [-0.39, 0.29) is 32.7 Å². The number of aliphatic hydroxyl groups is 1. The maximum absolute atomic E-state index is 13.1. The van der Waals surface area contributed by atoms with Crippen LogP contribution in [0.15, 0.2) is 91.0 Å². The zero-order chi connectivity index (χ0) is 32.7. The summed E-state index contributed by atoms with van der Waals surface area (Å²) in [6, 6.07) is 24.1. The lowest BCUT2D eigenvalue weighted by Gasteiger charge is -2.26. The van der Waals surface area contributed by atoms with Crippen LogP contribution in [0.4, 0.5) is 9.59 Å². The number of carbonyl (C=O) groups excluding carboxylic acids is 4. The SMILES string of the molecule is CC(C)(C)OC(=O)N[C@H](C(=O)OCc1ccccc1)[C@@H](O)CC[C@@H](NC(=O)OCc1ccccc1)C(=O)OCc1ccccc1. The van der Waals surface area contributed by atoms with Gasteiger partial charge < -0.3 is 34.7 Å². The number of esters is 2. The van der Waals surface area contributed by atoms with Crippen molar-refractivity contribution in [2.45, 2.75) is 77.2 Å². The van der Waals surface area contributed by atoms with E-state index in [1.807, 2.05) is 18.2 Å². The van der Waals surface area contributed by atoms with E-state index in [0.29, 0.717) is 5.56 Å². The van der Waals surface area contributed by atoms with Crippen LogP contribution in [-0.4, -0.2) is 53.0 Å². The van der Waals surface area contributed by atoms with Crippen molar-refractivity contribution in [3.8, 4) is 0 Å². The summed E-state index contributed by atoms with van der Waals surface area (Å²) in [5.41, 5.74) is 1.32. The summed E-state index contributed by atoms with van der Waals surface area (Å²) in [7, 11) is 0. The van der Waals surface area contributed by atoms with E-state index < -0.39 is 47.9 Å². The van der Waals surface area contributed by atoms with Gasteiger partial charge in [-0.2, -0.15) is 0 Å². The lowest BCUT2D eigenvalue weighted by molar-refractivity contribution is -0.150. The van der Waals surface area contributed by atoms with Gasteiger partial charge in [0, 0.05) is 0 Å². The average Bonchev–Trinajstić information content (AvgIpc) is 3.02. The molecule has 11 heteroatoms. The summed E-state index contributed by atoms with van der Waals surface area (Å²) in [5.74, 6) is -1.68. The Kier molecular flexibility index (Phi) is 13.4. The number of alkyl carbamates (subject to hydrolysis) is 2. The fourth-order valence-electron chi connectivity index (χ4n) is 4.05. The Hall–Kier alpha value is -4.90. The van der Waals surface area contributed by atoms with E-state index in [4.69, 9.17) is 18.9 Å². The molecule has 0 fully saturated rings. The minimum Gasteiger partial charge on any atom is -0.459 e. The normalized spacial score (nSPS) is 13.0. The molecule has 0 unspecified atom stereocenters. The monoisotopic (exact) mass is 620 g/mol. The van der Waals surface area contributed by atoms with E-state index in [0.717, 1.165) is 11.1 Å². The molecule has 0 aliphatic heterocycles. The number of nitrogens with one attached hydrogen (secondary N) is 2. The van der Waals surface area contributed by atoms with Gasteiger partial charge in [0.2, 0.25) is 0 Å². The summed E-state index contributed by atoms with van der Waals surface area (Å²) in [6.45, 7) is 4.78. The Bertz CT molecular complexity index is 1360. The van der Waals surface area contributed by atoms with Crippen molar-refractivity contribution in [2.24, 2.45) is 0 Å². The Morgan fingerprint density at radius 3 is 1.53 bits per heavy atom. The van der Waals surface area contributed by atoms with Crippen LogP contribution < -0.4 is 10.6 Å². The van der Waals surface area contributed by atoms with Crippen LogP contribution in [0.3, 0.4) is 0 Å². The molecular formula is C34H40N2O9. The van der Waals surface area contributed by atoms with Crippen LogP contribution in [0, 0.1) is 0 Å². The predicted molar refractivity (Wildman–Crippen MR) is 164 cm³/mol. The minimum absolute atomic E-state index is 0.0315. The van der Waals surface area contributed by atoms with Crippen molar-refractivity contribution in [1.29, 1.82) is 0 Å². The highest BCUT2D eigenvalue weighted by molar-refractivity contribution is 5.83. The Morgan fingerprint density at radius 2 is 1.07 bits per heavy atom. The number of hydrogen-bond acceptors (Lipinski definition) is 9. The molecule has 3 aromatic carbocycles. The van der Waals surface area contributed by atoms with E-state index >= 15 is 0 Å². The lowest BCUT2D eigenvalue weighted by atomic mass is 10.0. The highest BCUT2D eigenvalue weighted by Crippen LogP contribution is 2.14. The van der Waals surface area contributed by atoms with Gasteiger partial charge in [-0.15, -0.1) is 0 Å². The summed E-state index contributed by atoms with van der Waals surface area (Å²) < 4.78 is 21.3. The summed E-state index contributed by atoms with van der Waals surface area (Å²) in [5, 5.41) is 15.9. The second-order valence-electron chi connectivity index (χ2n) is 11.2. The largest absolute Gasteiger partial charge is 0.459 e. The number of rotatable bonds is 14. The predicted octanol–water partition coefficient (Wildman–Crippen LogP) is 4.80. The van der Waals surface area contributed by atoms with Crippen molar-refractivity contribution in [3.63, 3.8) is 0 Å². The Labute approximate surface area is 262 Å². The van der Waals surface area contributed by atoms with Crippen molar-refractivity contribution in [3.05, 3.63) is 108 Å². The van der Waals surface area contributed by atoms with Crippen molar-refractivity contribution in [1.82, 2.24) is 10.6 Å². The zero-order valence-corrected chi connectivity index (χ0v) is 25.6. The molecule has 0 aromatic heterocycles. The van der Waals surface area contributed by atoms with Crippen LogP contribution in [0.2, 0.25) is 0 Å². The van der Waals surface area contributed by atoms with Gasteiger partial charge in [-0.25, -0.2) is 19.2 Å². The molecular weight excluding hydrogens is 580 g/mol. The third-order valence-corrected chi connectivity index (χ3v) is 6.30. The fraction of sp³-hybridized carbons (Fsp3) is 0.353. The molecule has 0 radical (unpaired) electrons. The van der Waals surface area contributed by atoms with E-state index in [1.165, 1.54) is 0 Å². The van der Waals surface area contributed by atoms with Gasteiger partial charge in [-0.1, -0.05) is 91.0 Å². The molecule has 45 heavy (non-hydrogen) atoms. The number of aliphatic hydroxyl groups excluding tert-OH is 1. The number of hydrogen-bond donors (Lipinski definition) is 3. The van der Waals surface area contributed by atoms with Crippen molar-refractivity contribution < 1.29 is 43.2 Å². The second kappa shape index (κ2) is 17.4. The molecule has 0 saturated carbocycles. The van der Waals surface area contributed by atoms with Crippen LogP contribution in [0.1, 0.15) is 50.3 Å². The molecule has 2 amide bonds. The van der Waals surface area contributed by atoms with Crippen molar-refractivity contribution in [2.75, 3.05) is 0 Å². The molecule has 3 atom stereocenters. The van der Waals surface area contributed by atoms with Crippen LogP contribution >= 0.6 is 0 Å². The standard InChI is InChI=1S/C34H40N2O9/c1-34(2,3)45-33(41)36-29(31(39)43-22-25-15-9-5-10-16-25)28(37)20-19-27(30(38)42-21-24-13-7-4-8-14-24)35-32(40)44-23-26-17-11-6-12-18-26/h4-18,27-29,37H,19-23H2,1-3H3,(H,35,40)(H,36,41)/t27-,28+,29+/m1/s1. The van der Waals surface area contributed by atoms with Crippen molar-refractivity contribution >= 4 is 24.1 Å². The first kappa shape index (κ1) is 34.6. The first-order valence-corrected chi connectivity index (χ1v) is 14.6. The molecule has 240 valence electrons. The van der Waals surface area contributed by atoms with E-state index in [2.05, 4.69) is 10.6 Å². The molecule has 0 aliphatic rings. The molecule has 0 bridgehead atoms. The highest BCUT2D eigenvalue weighted by atomic mass is 16.6. The van der Waals surface area contributed by atoms with E-state index in [9.17, 15) is 24.3 Å². The number of carbonyl (C=O) groups is 4. The third-order valence-electron chi connectivity index (χ3n) is 6.30. The van der Waals surface area contributed by atoms with Crippen LogP contribution in [0.5, 0.6) is 0 Å². The summed E-state index contributed by atoms with van der Waals surface area (Å²) in [6.07, 6.45) is -3.71. The van der Waals surface area contributed by atoms with Gasteiger partial charge >= 0.3 is 24.1 Å². The third kappa shape index (κ3) is 13.1. The molecule has 0 heterocycles. The topological polar surface area (TPSA) is 149 Å². The summed E-state index contributed by atoms with van der Waals surface area (Å²) >= 11 is 0. The quantitative estimate of drug-likeness (QED) is 0.171. The molecule has 0 aliphatic carbocycles. The van der Waals surface area contributed by atoms with Crippen LogP contribution in [-0.2, 0) is 48.4 Å². The van der Waals surface area contributed by atoms with Gasteiger partial charge in [-0.3, -0.25) is 0 Å². The molecule has 3 aromatic rings. The zero-order valence-electron chi connectivity index (χ0n) is 25.6. The fourth-order valence-corrected chi connectivity index (χ4v) is 4.05. The first-order chi connectivity index (χ1) is 21.5. The van der Waals surface area contributed by atoms with Gasteiger partial charge in [0.25, 0.3) is 0 Å². The Balaban J connectivity index is 1.69. The van der Waals surface area contributed by atoms with Gasteiger partial charge in [-0.05, 0) is 50.3 Å². The molecule has 11 nitrogen and oxygen atoms in total. The second-order valence-corrected chi connectivity index (χ2v) is 11.2. The molecule has 0 saturated heterocycles. The number of benzene rings is 3. The molecule has 0 spiro atoms. The maximum atomic E-state index is 13.1. The van der Waals surface area contributed by atoms with Gasteiger partial charge in [0.05, 0.1) is 6.10 Å². The average molecular weight is 621 g/mol. The summed E-state index contributed by atoms with van der Waals surface area (Å²) in [4.78, 5) is 51.3. The number of ether oxygens (including phenoxy) is 4. The number of amides is 2. The van der Waals surface area contributed by atoms with Crippen LogP contribution in [0.25, 0.3) is 0 Å². The lowest BCUT2D eigenvalue weighted by Crippen LogP contribution is -2.51. The van der Waals surface area contributed by atoms with E-state index in [1.54, 1.807) is 93.6 Å². The van der Waals surface area contributed by atoms with Gasteiger partial charge in [0.15, 0.2) is 6.04 Å². The molecule has 3 rings (SSSR count). The first-order valence-electron chi connectivity index (χ1n) is 14.6. The highest BCUT2D eigenvalue weighted by Gasteiger charge is 2.34. The smallest absolute Gasteiger partial charge is 0.408 e. The molecule has 3 N–H and O–H groups in total. The maximum Gasteiger partial charge on any atom is 0.408 e. The Morgan fingerprint density at radius 1 is 0.622 bits per heavy atom. The van der Waals surface area contributed by atoms with Gasteiger partial charge in [0.1, 0.15) is 31.5 Å².